The highest BCUT2D eigenvalue weighted by Crippen LogP contribution is 2.33. The van der Waals surface area contributed by atoms with Gasteiger partial charge in [0.2, 0.25) is 11.7 Å². The lowest BCUT2D eigenvalue weighted by Crippen LogP contribution is -2.31. The van der Waals surface area contributed by atoms with E-state index in [1.54, 1.807) is 17.0 Å². The molecule has 0 bridgehead atoms. The molecule has 6 heteroatoms. The van der Waals surface area contributed by atoms with Crippen LogP contribution < -0.4 is 0 Å². The Balaban J connectivity index is 1.61. The fraction of sp³-hybridized carbons (Fsp3) is 0.211. The molecule has 1 aliphatic heterocycles. The highest BCUT2D eigenvalue weighted by atomic mass is 19.1. The van der Waals surface area contributed by atoms with E-state index < -0.39 is 5.82 Å². The zero-order chi connectivity index (χ0) is 17.2. The van der Waals surface area contributed by atoms with Gasteiger partial charge in [-0.3, -0.25) is 4.79 Å². The number of hydrogen-bond donors (Lipinski definition) is 0. The third kappa shape index (κ3) is 2.91. The summed E-state index contributed by atoms with van der Waals surface area (Å²) >= 11 is 0. The maximum atomic E-state index is 13.9. The lowest BCUT2D eigenvalue weighted by atomic mass is 10.1. The number of carbonyl (C=O) groups is 1. The highest BCUT2D eigenvalue weighted by Gasteiger charge is 2.35. The molecule has 1 aromatic heterocycles. The number of halogens is 1. The predicted octanol–water partition coefficient (Wildman–Crippen LogP) is 3.85. The summed E-state index contributed by atoms with van der Waals surface area (Å²) in [5, 5.41) is 4.02. The van der Waals surface area contributed by atoms with Gasteiger partial charge >= 0.3 is 0 Å². The van der Waals surface area contributed by atoms with E-state index in [4.69, 9.17) is 4.52 Å². The second-order valence-electron chi connectivity index (χ2n) is 5.96. The molecule has 126 valence electrons. The molecule has 4 rings (SSSR count). The number of likely N-dealkylation sites (tertiary alicyclic amines) is 1. The third-order valence-electron chi connectivity index (χ3n) is 4.38. The van der Waals surface area contributed by atoms with Crippen LogP contribution in [0.5, 0.6) is 0 Å². The Hall–Kier alpha value is -3.02. The maximum absolute atomic E-state index is 13.9. The van der Waals surface area contributed by atoms with Gasteiger partial charge in [-0.15, -0.1) is 0 Å². The first-order chi connectivity index (χ1) is 12.2. The molecule has 2 heterocycles. The van der Waals surface area contributed by atoms with Gasteiger partial charge in [-0.2, -0.15) is 4.98 Å². The van der Waals surface area contributed by atoms with E-state index in [0.717, 1.165) is 18.4 Å². The van der Waals surface area contributed by atoms with E-state index in [1.165, 1.54) is 12.1 Å². The van der Waals surface area contributed by atoms with Crippen molar-refractivity contribution in [1.29, 1.82) is 0 Å². The van der Waals surface area contributed by atoms with Gasteiger partial charge in [0.1, 0.15) is 11.9 Å². The van der Waals surface area contributed by atoms with Crippen molar-refractivity contribution in [3.8, 4) is 11.4 Å². The Morgan fingerprint density at radius 3 is 2.68 bits per heavy atom. The van der Waals surface area contributed by atoms with Gasteiger partial charge < -0.3 is 9.42 Å². The lowest BCUT2D eigenvalue weighted by Gasteiger charge is -2.22. The first-order valence-electron chi connectivity index (χ1n) is 8.18. The van der Waals surface area contributed by atoms with E-state index >= 15 is 0 Å². The average molecular weight is 337 g/mol. The number of benzene rings is 2. The van der Waals surface area contributed by atoms with Gasteiger partial charge in [-0.05, 0) is 25.0 Å². The predicted molar refractivity (Wildman–Crippen MR) is 89.1 cm³/mol. The van der Waals surface area contributed by atoms with Crippen molar-refractivity contribution in [3.63, 3.8) is 0 Å². The molecule has 1 fully saturated rings. The fourth-order valence-corrected chi connectivity index (χ4v) is 3.13. The van der Waals surface area contributed by atoms with Gasteiger partial charge in [0.05, 0.1) is 5.56 Å². The molecule has 1 atom stereocenters. The molecule has 2 aromatic carbocycles. The van der Waals surface area contributed by atoms with Crippen LogP contribution in [0.4, 0.5) is 4.39 Å². The van der Waals surface area contributed by atoms with Crippen molar-refractivity contribution in [2.75, 3.05) is 6.54 Å². The number of carbonyl (C=O) groups excluding carboxylic acids is 1. The van der Waals surface area contributed by atoms with Crippen LogP contribution in [0.25, 0.3) is 11.4 Å². The van der Waals surface area contributed by atoms with Crippen molar-refractivity contribution in [3.05, 3.63) is 71.9 Å². The zero-order valence-corrected chi connectivity index (χ0v) is 13.4. The molecule has 0 aliphatic carbocycles. The van der Waals surface area contributed by atoms with Gasteiger partial charge in [-0.1, -0.05) is 47.6 Å². The summed E-state index contributed by atoms with van der Waals surface area (Å²) in [7, 11) is 0. The van der Waals surface area contributed by atoms with Crippen LogP contribution in [0.1, 0.15) is 35.1 Å². The van der Waals surface area contributed by atoms with Crippen molar-refractivity contribution in [2.45, 2.75) is 18.9 Å². The molecular weight excluding hydrogens is 321 g/mol. The molecule has 1 unspecified atom stereocenters. The Morgan fingerprint density at radius 1 is 1.12 bits per heavy atom. The third-order valence-corrected chi connectivity index (χ3v) is 4.38. The molecule has 25 heavy (non-hydrogen) atoms. The molecular formula is C19H16FN3O2. The van der Waals surface area contributed by atoms with Gasteiger partial charge in [-0.25, -0.2) is 4.39 Å². The van der Waals surface area contributed by atoms with Crippen molar-refractivity contribution >= 4 is 5.91 Å². The number of amides is 1. The summed E-state index contributed by atoms with van der Waals surface area (Å²) in [5.41, 5.74) is 0.916. The van der Waals surface area contributed by atoms with Crippen LogP contribution >= 0.6 is 0 Å². The minimum Gasteiger partial charge on any atom is -0.337 e. The average Bonchev–Trinajstić information content (AvgIpc) is 3.31. The summed E-state index contributed by atoms with van der Waals surface area (Å²) in [6, 6.07) is 15.2. The standard InChI is InChI=1S/C19H16FN3O2/c20-15-10-5-4-9-14(15)19(24)23-12-6-11-16(23)18-21-17(22-25-18)13-7-2-1-3-8-13/h1-5,7-10,16H,6,11-12H2. The molecule has 0 N–H and O–H groups in total. The van der Waals surface area contributed by atoms with E-state index in [9.17, 15) is 9.18 Å². The van der Waals surface area contributed by atoms with Crippen molar-refractivity contribution < 1.29 is 13.7 Å². The van der Waals surface area contributed by atoms with Crippen molar-refractivity contribution in [2.24, 2.45) is 0 Å². The number of rotatable bonds is 3. The minimum atomic E-state index is -0.520. The summed E-state index contributed by atoms with van der Waals surface area (Å²) in [5.74, 6) is 0.00977. The number of hydrogen-bond acceptors (Lipinski definition) is 4. The minimum absolute atomic E-state index is 0.0669. The maximum Gasteiger partial charge on any atom is 0.257 e. The smallest absolute Gasteiger partial charge is 0.257 e. The molecule has 3 aromatic rings. The number of nitrogens with zero attached hydrogens (tertiary/aromatic N) is 3. The summed E-state index contributed by atoms with van der Waals surface area (Å²) < 4.78 is 19.4. The van der Waals surface area contributed by atoms with E-state index in [0.29, 0.717) is 18.3 Å². The molecule has 0 saturated carbocycles. The van der Waals surface area contributed by atoms with E-state index in [2.05, 4.69) is 10.1 Å². The van der Waals surface area contributed by atoms with Crippen LogP contribution in [0.3, 0.4) is 0 Å². The first kappa shape index (κ1) is 15.5. The first-order valence-corrected chi connectivity index (χ1v) is 8.18. The van der Waals surface area contributed by atoms with Crippen LogP contribution in [0.15, 0.2) is 59.1 Å². The Kier molecular flexibility index (Phi) is 4.01. The fourth-order valence-electron chi connectivity index (χ4n) is 3.13. The molecule has 0 radical (unpaired) electrons. The molecule has 0 spiro atoms. The second kappa shape index (κ2) is 6.47. The Bertz CT molecular complexity index is 894. The summed E-state index contributed by atoms with van der Waals surface area (Å²) in [4.78, 5) is 18.8. The lowest BCUT2D eigenvalue weighted by molar-refractivity contribution is 0.0705. The van der Waals surface area contributed by atoms with Gasteiger partial charge in [0, 0.05) is 12.1 Å². The molecule has 1 amide bonds. The van der Waals surface area contributed by atoms with Gasteiger partial charge in [0.25, 0.3) is 5.91 Å². The SMILES string of the molecule is O=C(c1ccccc1F)N1CCCC1c1nc(-c2ccccc2)no1. The Labute approximate surface area is 144 Å². The summed E-state index contributed by atoms with van der Waals surface area (Å²) in [6.45, 7) is 0.543. The zero-order valence-electron chi connectivity index (χ0n) is 13.4. The van der Waals surface area contributed by atoms with Crippen LogP contribution in [-0.2, 0) is 0 Å². The molecule has 1 aliphatic rings. The van der Waals surface area contributed by atoms with Crippen molar-refractivity contribution in [1.82, 2.24) is 15.0 Å². The second-order valence-corrected chi connectivity index (χ2v) is 5.96. The summed E-state index contributed by atoms with van der Waals surface area (Å²) in [6.07, 6.45) is 1.53. The quantitative estimate of drug-likeness (QED) is 0.728. The topological polar surface area (TPSA) is 59.2 Å². The van der Waals surface area contributed by atoms with Crippen LogP contribution in [0, 0.1) is 5.82 Å². The van der Waals surface area contributed by atoms with Crippen LogP contribution in [0.2, 0.25) is 0 Å². The monoisotopic (exact) mass is 337 g/mol. The largest absolute Gasteiger partial charge is 0.337 e. The molecule has 1 saturated heterocycles. The van der Waals surface area contributed by atoms with E-state index in [1.807, 2.05) is 30.3 Å². The number of aromatic nitrogens is 2. The van der Waals surface area contributed by atoms with E-state index in [-0.39, 0.29) is 17.5 Å². The normalized spacial score (nSPS) is 17.0. The van der Waals surface area contributed by atoms with Crippen LogP contribution in [-0.4, -0.2) is 27.5 Å². The highest BCUT2D eigenvalue weighted by molar-refractivity contribution is 5.94. The van der Waals surface area contributed by atoms with Gasteiger partial charge in [0.15, 0.2) is 0 Å². The Morgan fingerprint density at radius 2 is 1.88 bits per heavy atom. The molecule has 5 nitrogen and oxygen atoms in total.